The largest absolute Gasteiger partial charge is 0.320 e. The minimum Gasteiger partial charge on any atom is -0.320 e. The van der Waals surface area contributed by atoms with E-state index in [0.29, 0.717) is 24.7 Å². The van der Waals surface area contributed by atoms with Crippen molar-refractivity contribution in [1.82, 2.24) is 24.0 Å². The van der Waals surface area contributed by atoms with E-state index in [1.165, 1.54) is 12.1 Å². The van der Waals surface area contributed by atoms with E-state index in [2.05, 4.69) is 28.9 Å². The Morgan fingerprint density at radius 1 is 1.20 bits per heavy atom. The van der Waals surface area contributed by atoms with Gasteiger partial charge in [0.2, 0.25) is 10.0 Å². The molecule has 3 heterocycles. The first-order valence-corrected chi connectivity index (χ1v) is 12.1. The Balaban J connectivity index is 1.51. The molecule has 0 aliphatic carbocycles. The summed E-state index contributed by atoms with van der Waals surface area (Å²) in [5, 5.41) is 8.48. The zero-order valence-corrected chi connectivity index (χ0v) is 18.6. The fraction of sp³-hybridized carbons (Fsp3) is 0.619. The van der Waals surface area contributed by atoms with Crippen LogP contribution >= 0.6 is 0 Å². The third-order valence-corrected chi connectivity index (χ3v) is 8.69. The first-order valence-electron chi connectivity index (χ1n) is 10.5. The highest BCUT2D eigenvalue weighted by Gasteiger charge is 2.51. The van der Waals surface area contributed by atoms with E-state index in [1.54, 1.807) is 22.8 Å². The Morgan fingerprint density at radius 2 is 1.87 bits per heavy atom. The van der Waals surface area contributed by atoms with Crippen LogP contribution in [-0.4, -0.2) is 64.6 Å². The van der Waals surface area contributed by atoms with Crippen LogP contribution in [0.15, 0.2) is 30.6 Å². The molecule has 1 aromatic carbocycles. The second kappa shape index (κ2) is 8.01. The van der Waals surface area contributed by atoms with Crippen molar-refractivity contribution < 1.29 is 12.8 Å². The number of hydrogen-bond acceptors (Lipinski definition) is 5. The molecular formula is C21H30FN5O2S. The zero-order valence-electron chi connectivity index (χ0n) is 17.8. The second-order valence-corrected chi connectivity index (χ2v) is 11.0. The van der Waals surface area contributed by atoms with Gasteiger partial charge in [-0.25, -0.2) is 17.1 Å². The summed E-state index contributed by atoms with van der Waals surface area (Å²) in [4.78, 5) is 2.47. The first kappa shape index (κ1) is 21.4. The van der Waals surface area contributed by atoms with Gasteiger partial charge < -0.3 is 4.57 Å². The van der Waals surface area contributed by atoms with E-state index >= 15 is 0 Å². The van der Waals surface area contributed by atoms with Crippen LogP contribution in [-0.2, 0) is 22.8 Å². The van der Waals surface area contributed by atoms with Gasteiger partial charge in [0.1, 0.15) is 18.0 Å². The lowest BCUT2D eigenvalue weighted by molar-refractivity contribution is 0.131. The molecule has 7 nitrogen and oxygen atoms in total. The topological polar surface area (TPSA) is 71.3 Å². The summed E-state index contributed by atoms with van der Waals surface area (Å²) in [6.45, 7) is 7.29. The smallest absolute Gasteiger partial charge is 0.218 e. The molecule has 2 saturated heterocycles. The molecule has 2 aliphatic rings. The molecular weight excluding hydrogens is 405 g/mol. The standard InChI is InChI=1S/C21H30FN5O2S/c1-16(2)26-12-19(20-24-23-15-25(20)3)21(14-26)8-10-27(11-9-21)30(28,29)13-17-4-6-18(22)7-5-17/h4-7,15-16,19H,8-14H2,1-3H3. The fourth-order valence-electron chi connectivity index (χ4n) is 4.96. The van der Waals surface area contributed by atoms with E-state index in [4.69, 9.17) is 0 Å². The van der Waals surface area contributed by atoms with Crippen molar-refractivity contribution in [2.24, 2.45) is 12.5 Å². The van der Waals surface area contributed by atoms with Gasteiger partial charge in [0, 0.05) is 45.2 Å². The second-order valence-electron chi connectivity index (χ2n) is 9.02. The van der Waals surface area contributed by atoms with Crippen LogP contribution in [0.25, 0.3) is 0 Å². The molecule has 1 unspecified atom stereocenters. The van der Waals surface area contributed by atoms with Gasteiger partial charge >= 0.3 is 0 Å². The van der Waals surface area contributed by atoms with Crippen molar-refractivity contribution in [1.29, 1.82) is 0 Å². The number of hydrogen-bond donors (Lipinski definition) is 0. The Kier molecular flexibility index (Phi) is 5.71. The summed E-state index contributed by atoms with van der Waals surface area (Å²) in [5.74, 6) is 0.780. The number of piperidine rings is 1. The predicted molar refractivity (Wildman–Crippen MR) is 113 cm³/mol. The Morgan fingerprint density at radius 3 is 2.43 bits per heavy atom. The monoisotopic (exact) mass is 435 g/mol. The first-order chi connectivity index (χ1) is 14.2. The molecule has 4 rings (SSSR count). The van der Waals surface area contributed by atoms with E-state index in [9.17, 15) is 12.8 Å². The van der Waals surface area contributed by atoms with Gasteiger partial charge in [0.25, 0.3) is 0 Å². The SMILES string of the molecule is CC(C)N1CC(c2nncn2C)C2(CCN(S(=O)(=O)Cc3ccc(F)cc3)CC2)C1. The number of likely N-dealkylation sites (tertiary alicyclic amines) is 1. The molecule has 1 spiro atoms. The van der Waals surface area contributed by atoms with Crippen LogP contribution in [0.3, 0.4) is 0 Å². The molecule has 9 heteroatoms. The summed E-state index contributed by atoms with van der Waals surface area (Å²) < 4.78 is 42.7. The Hall–Kier alpha value is -1.84. The maximum Gasteiger partial charge on any atom is 0.218 e. The normalized spacial score (nSPS) is 22.9. The third kappa shape index (κ3) is 4.02. The Bertz CT molecular complexity index is 981. The lowest BCUT2D eigenvalue weighted by Crippen LogP contribution is -2.46. The van der Waals surface area contributed by atoms with Crippen molar-refractivity contribution in [2.75, 3.05) is 26.2 Å². The average molecular weight is 436 g/mol. The summed E-state index contributed by atoms with van der Waals surface area (Å²) in [7, 11) is -1.47. The van der Waals surface area contributed by atoms with Crippen molar-refractivity contribution in [2.45, 2.75) is 44.4 Å². The molecule has 1 aromatic heterocycles. The van der Waals surface area contributed by atoms with Gasteiger partial charge in [-0.2, -0.15) is 0 Å². The van der Waals surface area contributed by atoms with E-state index in [-0.39, 0.29) is 22.9 Å². The molecule has 2 aromatic rings. The van der Waals surface area contributed by atoms with Crippen LogP contribution in [0.4, 0.5) is 4.39 Å². The number of rotatable bonds is 5. The van der Waals surface area contributed by atoms with Crippen LogP contribution in [0.2, 0.25) is 0 Å². The molecule has 0 saturated carbocycles. The highest BCUT2D eigenvalue weighted by atomic mass is 32.2. The third-order valence-electron chi connectivity index (χ3n) is 6.84. The molecule has 164 valence electrons. The minimum atomic E-state index is -3.44. The highest BCUT2D eigenvalue weighted by Crippen LogP contribution is 2.50. The molecule has 2 fully saturated rings. The fourth-order valence-corrected chi connectivity index (χ4v) is 6.50. The number of sulfonamides is 1. The van der Waals surface area contributed by atoms with Crippen LogP contribution in [0, 0.1) is 11.2 Å². The number of benzene rings is 1. The Labute approximate surface area is 177 Å². The highest BCUT2D eigenvalue weighted by molar-refractivity contribution is 7.88. The molecule has 1 atom stereocenters. The summed E-state index contributed by atoms with van der Waals surface area (Å²) in [6.07, 6.45) is 3.34. The zero-order chi connectivity index (χ0) is 21.5. The van der Waals surface area contributed by atoms with Gasteiger partial charge in [0.15, 0.2) is 0 Å². The van der Waals surface area contributed by atoms with Gasteiger partial charge in [-0.05, 0) is 49.8 Å². The summed E-state index contributed by atoms with van der Waals surface area (Å²) >= 11 is 0. The predicted octanol–water partition coefficient (Wildman–Crippen LogP) is 2.37. The van der Waals surface area contributed by atoms with Gasteiger partial charge in [-0.15, -0.1) is 10.2 Å². The van der Waals surface area contributed by atoms with Crippen LogP contribution < -0.4 is 0 Å². The van der Waals surface area contributed by atoms with Gasteiger partial charge in [-0.1, -0.05) is 12.1 Å². The average Bonchev–Trinajstić information content (AvgIpc) is 3.27. The van der Waals surface area contributed by atoms with Gasteiger partial charge in [0.05, 0.1) is 5.75 Å². The molecule has 0 radical (unpaired) electrons. The minimum absolute atomic E-state index is 0.00690. The summed E-state index contributed by atoms with van der Waals surface area (Å²) in [6, 6.07) is 6.13. The molecule has 0 bridgehead atoms. The quantitative estimate of drug-likeness (QED) is 0.721. The molecule has 2 aliphatic heterocycles. The molecule has 0 amide bonds. The van der Waals surface area contributed by atoms with Crippen molar-refractivity contribution >= 4 is 10.0 Å². The number of aromatic nitrogens is 3. The van der Waals surface area contributed by atoms with Crippen molar-refractivity contribution in [3.63, 3.8) is 0 Å². The van der Waals surface area contributed by atoms with Crippen LogP contribution in [0.5, 0.6) is 0 Å². The number of nitrogens with zero attached hydrogens (tertiary/aromatic N) is 5. The lowest BCUT2D eigenvalue weighted by atomic mass is 9.71. The van der Waals surface area contributed by atoms with Crippen LogP contribution in [0.1, 0.15) is 44.0 Å². The van der Waals surface area contributed by atoms with Crippen molar-refractivity contribution in [3.05, 3.63) is 47.8 Å². The maximum atomic E-state index is 13.1. The summed E-state index contributed by atoms with van der Waals surface area (Å²) in [5.41, 5.74) is 0.618. The molecule has 0 N–H and O–H groups in total. The lowest BCUT2D eigenvalue weighted by Gasteiger charge is -2.42. The van der Waals surface area contributed by atoms with E-state index in [0.717, 1.165) is 31.8 Å². The molecule has 30 heavy (non-hydrogen) atoms. The van der Waals surface area contributed by atoms with Gasteiger partial charge in [-0.3, -0.25) is 4.90 Å². The van der Waals surface area contributed by atoms with E-state index in [1.807, 2.05) is 11.6 Å². The van der Waals surface area contributed by atoms with E-state index < -0.39 is 10.0 Å². The number of halogens is 1. The number of aryl methyl sites for hydroxylation is 1. The maximum absolute atomic E-state index is 13.1. The van der Waals surface area contributed by atoms with Crippen molar-refractivity contribution in [3.8, 4) is 0 Å².